The van der Waals surface area contributed by atoms with E-state index in [1.807, 2.05) is 44.2 Å². The quantitative estimate of drug-likeness (QED) is 0.443. The molecule has 0 aliphatic heterocycles. The van der Waals surface area contributed by atoms with Crippen molar-refractivity contribution in [2.24, 2.45) is 0 Å². The minimum Gasteiger partial charge on any atom is -0.289 e. The lowest BCUT2D eigenvalue weighted by Gasteiger charge is -2.18. The molecule has 2 aromatic carbocycles. The maximum absolute atomic E-state index is 13.4. The Hall–Kier alpha value is -2.50. The topological polar surface area (TPSA) is 52.0 Å². The van der Waals surface area contributed by atoms with Gasteiger partial charge in [0, 0.05) is 26.7 Å². The second-order valence-electron chi connectivity index (χ2n) is 6.48. The number of hydrogen-bond donors (Lipinski definition) is 0. The van der Waals surface area contributed by atoms with Crippen LogP contribution in [0.15, 0.2) is 58.1 Å². The van der Waals surface area contributed by atoms with Gasteiger partial charge in [0.2, 0.25) is 5.43 Å². The zero-order chi connectivity index (χ0) is 19.1. The van der Waals surface area contributed by atoms with E-state index in [0.717, 1.165) is 16.7 Å². The molecule has 0 aliphatic carbocycles. The maximum atomic E-state index is 13.4. The van der Waals surface area contributed by atoms with Crippen molar-refractivity contribution in [3.8, 4) is 11.4 Å². The first-order chi connectivity index (χ1) is 13.0. The summed E-state index contributed by atoms with van der Waals surface area (Å²) >= 11 is 7.38. The summed E-state index contributed by atoms with van der Waals surface area (Å²) in [5, 5.41) is 1.34. The summed E-state index contributed by atoms with van der Waals surface area (Å²) in [4.78, 5) is 31.6. The van der Waals surface area contributed by atoms with Crippen LogP contribution in [-0.2, 0) is 0 Å². The number of benzene rings is 2. The highest BCUT2D eigenvalue weighted by atomic mass is 35.5. The molecule has 0 unspecified atom stereocenters. The zero-order valence-corrected chi connectivity index (χ0v) is 16.5. The molecule has 0 spiro atoms. The molecule has 2 heterocycles. The van der Waals surface area contributed by atoms with E-state index < -0.39 is 0 Å². The molecule has 0 saturated carbocycles. The van der Waals surface area contributed by atoms with Crippen LogP contribution in [0, 0.1) is 0 Å². The highest BCUT2D eigenvalue weighted by molar-refractivity contribution is 7.24. The lowest BCUT2D eigenvalue weighted by Crippen LogP contribution is -2.29. The lowest BCUT2D eigenvalue weighted by atomic mass is 10.1. The van der Waals surface area contributed by atoms with Crippen LogP contribution in [0.2, 0.25) is 5.02 Å². The minimum atomic E-state index is -0.286. The van der Waals surface area contributed by atoms with Crippen molar-refractivity contribution >= 4 is 43.2 Å². The Morgan fingerprint density at radius 3 is 2.52 bits per heavy atom. The number of hydrogen-bond acceptors (Lipinski definition) is 4. The highest BCUT2D eigenvalue weighted by Gasteiger charge is 2.20. The van der Waals surface area contributed by atoms with Gasteiger partial charge in [0.25, 0.3) is 5.56 Å². The number of nitrogens with zero attached hydrogens (tertiary/aromatic N) is 2. The van der Waals surface area contributed by atoms with Gasteiger partial charge in [0.1, 0.15) is 16.0 Å². The Morgan fingerprint density at radius 2 is 1.81 bits per heavy atom. The number of fused-ring (bicyclic) bond motifs is 2. The average molecular weight is 397 g/mol. The van der Waals surface area contributed by atoms with Crippen molar-refractivity contribution in [3.05, 3.63) is 74.1 Å². The molecular formula is C21H17ClN2O2S. The molecule has 0 radical (unpaired) electrons. The third-order valence-corrected chi connectivity index (χ3v) is 6.10. The first-order valence-electron chi connectivity index (χ1n) is 8.75. The zero-order valence-electron chi connectivity index (χ0n) is 14.9. The molecule has 0 saturated heterocycles. The molecule has 0 bridgehead atoms. The van der Waals surface area contributed by atoms with Gasteiger partial charge in [-0.25, -0.2) is 4.98 Å². The molecule has 0 aliphatic rings. The van der Waals surface area contributed by atoms with Gasteiger partial charge in [0.15, 0.2) is 0 Å². The van der Waals surface area contributed by atoms with Gasteiger partial charge in [0.05, 0.1) is 0 Å². The summed E-state index contributed by atoms with van der Waals surface area (Å²) in [5.41, 5.74) is 0.259. The first kappa shape index (κ1) is 17.9. The normalized spacial score (nSPS) is 12.6. The predicted octanol–water partition coefficient (Wildman–Crippen LogP) is 5.26. The van der Waals surface area contributed by atoms with Crippen molar-refractivity contribution in [2.75, 3.05) is 0 Å². The Morgan fingerprint density at radius 1 is 1.11 bits per heavy atom. The van der Waals surface area contributed by atoms with Crippen LogP contribution in [0.1, 0.15) is 26.3 Å². The maximum Gasteiger partial charge on any atom is 0.266 e. The lowest BCUT2D eigenvalue weighted by molar-refractivity contribution is 0.517. The van der Waals surface area contributed by atoms with Crippen molar-refractivity contribution in [1.82, 2.24) is 9.55 Å². The van der Waals surface area contributed by atoms with Gasteiger partial charge in [-0.3, -0.25) is 14.2 Å². The Kier molecular flexibility index (Phi) is 4.58. The van der Waals surface area contributed by atoms with Gasteiger partial charge in [-0.05, 0) is 49.7 Å². The second kappa shape index (κ2) is 6.91. The van der Waals surface area contributed by atoms with Crippen molar-refractivity contribution in [1.29, 1.82) is 0 Å². The fraction of sp³-hybridized carbons (Fsp3) is 0.190. The smallest absolute Gasteiger partial charge is 0.266 e. The van der Waals surface area contributed by atoms with E-state index in [1.54, 1.807) is 22.8 Å². The number of aromatic nitrogens is 2. The van der Waals surface area contributed by atoms with Crippen LogP contribution in [0.5, 0.6) is 0 Å². The SMILES string of the molecule is CC[C@H](C)n1c(-c2ccc(Cl)cc2)nc2sc3ccccc3c(=O)c2c1=O. The molecule has 2 aromatic heterocycles. The highest BCUT2D eigenvalue weighted by Crippen LogP contribution is 2.27. The molecular weight excluding hydrogens is 380 g/mol. The Labute approximate surface area is 164 Å². The third kappa shape index (κ3) is 2.97. The molecule has 4 aromatic rings. The molecule has 27 heavy (non-hydrogen) atoms. The van der Waals surface area contributed by atoms with Crippen LogP contribution in [-0.4, -0.2) is 9.55 Å². The van der Waals surface area contributed by atoms with E-state index in [2.05, 4.69) is 0 Å². The van der Waals surface area contributed by atoms with E-state index in [-0.39, 0.29) is 22.4 Å². The molecule has 1 atom stereocenters. The predicted molar refractivity (Wildman–Crippen MR) is 113 cm³/mol. The third-order valence-electron chi connectivity index (χ3n) is 4.78. The summed E-state index contributed by atoms with van der Waals surface area (Å²) in [5.74, 6) is 0.560. The molecule has 4 nitrogen and oxygen atoms in total. The van der Waals surface area contributed by atoms with E-state index >= 15 is 0 Å². The van der Waals surface area contributed by atoms with Gasteiger partial charge in [-0.15, -0.1) is 11.3 Å². The van der Waals surface area contributed by atoms with Gasteiger partial charge in [-0.2, -0.15) is 0 Å². The van der Waals surface area contributed by atoms with E-state index in [1.165, 1.54) is 11.3 Å². The summed E-state index contributed by atoms with van der Waals surface area (Å²) in [7, 11) is 0. The molecule has 0 amide bonds. The van der Waals surface area contributed by atoms with Crippen LogP contribution in [0.4, 0.5) is 0 Å². The van der Waals surface area contributed by atoms with Crippen LogP contribution < -0.4 is 11.0 Å². The Balaban J connectivity index is 2.17. The fourth-order valence-electron chi connectivity index (χ4n) is 3.16. The van der Waals surface area contributed by atoms with Crippen molar-refractivity contribution < 1.29 is 0 Å². The number of halogens is 1. The average Bonchev–Trinajstić information content (AvgIpc) is 2.68. The van der Waals surface area contributed by atoms with Crippen LogP contribution in [0.25, 0.3) is 31.7 Å². The first-order valence-corrected chi connectivity index (χ1v) is 9.94. The van der Waals surface area contributed by atoms with Gasteiger partial charge >= 0.3 is 0 Å². The second-order valence-corrected chi connectivity index (χ2v) is 7.95. The molecule has 0 N–H and O–H groups in total. The number of rotatable bonds is 3. The summed E-state index contributed by atoms with van der Waals surface area (Å²) in [6.07, 6.45) is 0.749. The van der Waals surface area contributed by atoms with Crippen LogP contribution >= 0.6 is 22.9 Å². The Bertz CT molecular complexity index is 1280. The summed E-state index contributed by atoms with van der Waals surface area (Å²) in [6, 6.07) is 14.5. The van der Waals surface area contributed by atoms with Crippen molar-refractivity contribution in [2.45, 2.75) is 26.3 Å². The van der Waals surface area contributed by atoms with E-state index in [4.69, 9.17) is 16.6 Å². The minimum absolute atomic E-state index is 0.0871. The largest absolute Gasteiger partial charge is 0.289 e. The van der Waals surface area contributed by atoms with Crippen LogP contribution in [0.3, 0.4) is 0 Å². The molecule has 6 heteroatoms. The fourth-order valence-corrected chi connectivity index (χ4v) is 4.32. The monoisotopic (exact) mass is 396 g/mol. The molecule has 4 rings (SSSR count). The standard InChI is InChI=1S/C21H17ClN2O2S/c1-3-12(2)24-19(13-8-10-14(22)11-9-13)23-20-17(21(24)26)18(25)15-6-4-5-7-16(15)27-20/h4-12H,3H2,1-2H3/t12-/m0/s1. The molecule has 0 fully saturated rings. The van der Waals surface area contributed by atoms with E-state index in [9.17, 15) is 9.59 Å². The van der Waals surface area contributed by atoms with Gasteiger partial charge < -0.3 is 0 Å². The van der Waals surface area contributed by atoms with E-state index in [0.29, 0.717) is 21.1 Å². The van der Waals surface area contributed by atoms with Crippen molar-refractivity contribution in [3.63, 3.8) is 0 Å². The summed E-state index contributed by atoms with van der Waals surface area (Å²) < 4.78 is 2.46. The van der Waals surface area contributed by atoms with Gasteiger partial charge in [-0.1, -0.05) is 30.7 Å². The summed E-state index contributed by atoms with van der Waals surface area (Å²) in [6.45, 7) is 3.97. The molecule has 136 valence electrons.